The van der Waals surface area contributed by atoms with E-state index in [1.165, 1.54) is 12.1 Å². The molecule has 0 amide bonds. The summed E-state index contributed by atoms with van der Waals surface area (Å²) >= 11 is 0. The molecular weight excluding hydrogens is 320 g/mol. The van der Waals surface area contributed by atoms with Crippen LogP contribution in [0, 0.1) is 5.92 Å². The molecule has 2 rings (SSSR count). The van der Waals surface area contributed by atoms with Crippen LogP contribution in [-0.4, -0.2) is 33.6 Å². The minimum Gasteiger partial charge on any atom is -0.460 e. The fourth-order valence-electron chi connectivity index (χ4n) is 1.74. The number of hydrogen-bond acceptors (Lipinski definition) is 6. The Bertz CT molecular complexity index is 582. The summed E-state index contributed by atoms with van der Waals surface area (Å²) in [5.74, 6) is -0.438. The normalized spacial score (nSPS) is 16.1. The Hall–Kier alpha value is -1.09. The first-order chi connectivity index (χ1) is 9.44. The monoisotopic (exact) mass is 338 g/mol. The van der Waals surface area contributed by atoms with Crippen LogP contribution in [0.2, 0.25) is 0 Å². The van der Waals surface area contributed by atoms with E-state index in [-0.39, 0.29) is 42.5 Å². The Balaban J connectivity index is 0.00000220. The molecule has 0 aromatic carbocycles. The van der Waals surface area contributed by atoms with Crippen molar-refractivity contribution >= 4 is 28.4 Å². The summed E-state index contributed by atoms with van der Waals surface area (Å²) < 4.78 is 36.0. The third-order valence-electron chi connectivity index (χ3n) is 3.06. The van der Waals surface area contributed by atoms with Crippen LogP contribution in [0.4, 0.5) is 0 Å². The summed E-state index contributed by atoms with van der Waals surface area (Å²) in [5, 5.41) is -0.316. The molecule has 120 valence electrons. The third-order valence-corrected chi connectivity index (χ3v) is 4.36. The first-order valence-electron chi connectivity index (χ1n) is 6.46. The van der Waals surface area contributed by atoms with E-state index in [2.05, 4.69) is 4.72 Å². The van der Waals surface area contributed by atoms with Crippen LogP contribution in [0.5, 0.6) is 0 Å². The second-order valence-corrected chi connectivity index (χ2v) is 6.39. The Morgan fingerprint density at radius 2 is 2.19 bits per heavy atom. The Morgan fingerprint density at radius 3 is 2.76 bits per heavy atom. The largest absolute Gasteiger partial charge is 0.460 e. The number of ether oxygens (including phenoxy) is 1. The van der Waals surface area contributed by atoms with Gasteiger partial charge in [-0.05, 0) is 37.8 Å². The Morgan fingerprint density at radius 1 is 1.52 bits per heavy atom. The minimum atomic E-state index is -3.79. The predicted octanol–water partition coefficient (Wildman–Crippen LogP) is 0.894. The molecule has 3 N–H and O–H groups in total. The maximum atomic E-state index is 12.0. The highest BCUT2D eigenvalue weighted by molar-refractivity contribution is 7.89. The Labute approximate surface area is 129 Å². The molecule has 1 unspecified atom stereocenters. The van der Waals surface area contributed by atoms with E-state index in [0.717, 1.165) is 12.8 Å². The number of furan rings is 1. The standard InChI is InChI=1S/C12H18N2O5S.ClH/c1-2-18-12(15)10-5-6-11(19-10)20(16,17)14-7-9(13)8-3-4-8;/h5-6,8-9,14H,2-4,7,13H2,1H3;1H. The molecular formula is C12H19ClN2O5S. The molecule has 7 nitrogen and oxygen atoms in total. The van der Waals surface area contributed by atoms with Crippen molar-refractivity contribution in [2.24, 2.45) is 11.7 Å². The highest BCUT2D eigenvalue weighted by Crippen LogP contribution is 2.31. The summed E-state index contributed by atoms with van der Waals surface area (Å²) in [4.78, 5) is 11.4. The van der Waals surface area contributed by atoms with Crippen molar-refractivity contribution in [2.45, 2.75) is 30.9 Å². The second-order valence-electron chi connectivity index (χ2n) is 4.69. The van der Waals surface area contributed by atoms with Gasteiger partial charge in [-0.1, -0.05) is 0 Å². The lowest BCUT2D eigenvalue weighted by Crippen LogP contribution is -2.38. The number of carbonyl (C=O) groups is 1. The van der Waals surface area contributed by atoms with Crippen LogP contribution in [0.1, 0.15) is 30.3 Å². The molecule has 0 spiro atoms. The lowest BCUT2D eigenvalue weighted by molar-refractivity contribution is 0.0484. The molecule has 1 aliphatic carbocycles. The topological polar surface area (TPSA) is 112 Å². The van der Waals surface area contributed by atoms with Gasteiger partial charge >= 0.3 is 5.97 Å². The molecule has 1 aliphatic rings. The average molecular weight is 339 g/mol. The van der Waals surface area contributed by atoms with Gasteiger partial charge in [0.05, 0.1) is 6.61 Å². The van der Waals surface area contributed by atoms with Gasteiger partial charge < -0.3 is 14.9 Å². The van der Waals surface area contributed by atoms with Gasteiger partial charge in [0.2, 0.25) is 10.9 Å². The van der Waals surface area contributed by atoms with Crippen molar-refractivity contribution in [3.63, 3.8) is 0 Å². The van der Waals surface area contributed by atoms with Crippen LogP contribution >= 0.6 is 12.4 Å². The summed E-state index contributed by atoms with van der Waals surface area (Å²) in [6.45, 7) is 2.00. The molecule has 1 atom stereocenters. The van der Waals surface area contributed by atoms with Gasteiger partial charge in [-0.15, -0.1) is 12.4 Å². The van der Waals surface area contributed by atoms with Crippen molar-refractivity contribution in [1.82, 2.24) is 4.72 Å². The maximum absolute atomic E-state index is 12.0. The molecule has 1 aromatic heterocycles. The van der Waals surface area contributed by atoms with Crippen LogP contribution in [0.3, 0.4) is 0 Å². The van der Waals surface area contributed by atoms with Gasteiger partial charge in [-0.2, -0.15) is 0 Å². The number of sulfonamides is 1. The van der Waals surface area contributed by atoms with Gasteiger partial charge in [0.1, 0.15) is 0 Å². The van der Waals surface area contributed by atoms with Crippen molar-refractivity contribution < 1.29 is 22.4 Å². The SMILES string of the molecule is CCOC(=O)c1ccc(S(=O)(=O)NCC(N)C2CC2)o1.Cl. The fourth-order valence-corrected chi connectivity index (χ4v) is 2.75. The summed E-state index contributed by atoms with van der Waals surface area (Å²) in [6, 6.07) is 2.30. The van der Waals surface area contributed by atoms with Gasteiger partial charge in [0.15, 0.2) is 0 Å². The van der Waals surface area contributed by atoms with Crippen molar-refractivity contribution in [3.05, 3.63) is 17.9 Å². The maximum Gasteiger partial charge on any atom is 0.374 e. The molecule has 1 aromatic rings. The highest BCUT2D eigenvalue weighted by atomic mass is 35.5. The number of hydrogen-bond donors (Lipinski definition) is 2. The lowest BCUT2D eigenvalue weighted by Gasteiger charge is -2.10. The number of esters is 1. The quantitative estimate of drug-likeness (QED) is 0.714. The number of nitrogens with one attached hydrogen (secondary N) is 1. The zero-order valence-corrected chi connectivity index (χ0v) is 13.2. The number of rotatable bonds is 7. The van der Waals surface area contributed by atoms with Crippen LogP contribution in [0.15, 0.2) is 21.6 Å². The zero-order chi connectivity index (χ0) is 14.8. The lowest BCUT2D eigenvalue weighted by atomic mass is 10.2. The smallest absolute Gasteiger partial charge is 0.374 e. The van der Waals surface area contributed by atoms with Crippen LogP contribution < -0.4 is 10.5 Å². The molecule has 9 heteroatoms. The van der Waals surface area contributed by atoms with Crippen molar-refractivity contribution in [3.8, 4) is 0 Å². The van der Waals surface area contributed by atoms with Gasteiger partial charge in [-0.3, -0.25) is 0 Å². The third kappa shape index (κ3) is 4.70. The average Bonchev–Trinajstić information content (AvgIpc) is 3.12. The summed E-state index contributed by atoms with van der Waals surface area (Å²) in [7, 11) is -3.79. The van der Waals surface area contributed by atoms with Gasteiger partial charge in [0.25, 0.3) is 10.0 Å². The first-order valence-corrected chi connectivity index (χ1v) is 7.94. The van der Waals surface area contributed by atoms with E-state index in [0.29, 0.717) is 5.92 Å². The van der Waals surface area contributed by atoms with E-state index in [4.69, 9.17) is 14.9 Å². The number of halogens is 1. The molecule has 1 heterocycles. The molecule has 0 radical (unpaired) electrons. The minimum absolute atomic E-state index is 0. The molecule has 1 saturated carbocycles. The second kappa shape index (κ2) is 7.26. The number of nitrogens with two attached hydrogens (primary N) is 1. The summed E-state index contributed by atoms with van der Waals surface area (Å²) in [6.07, 6.45) is 2.08. The molecule has 0 aliphatic heterocycles. The Kier molecular flexibility index (Phi) is 6.21. The molecule has 21 heavy (non-hydrogen) atoms. The highest BCUT2D eigenvalue weighted by Gasteiger charge is 2.30. The molecule has 0 bridgehead atoms. The molecule has 0 saturated heterocycles. The number of carbonyl (C=O) groups excluding carboxylic acids is 1. The zero-order valence-electron chi connectivity index (χ0n) is 11.6. The van der Waals surface area contributed by atoms with Crippen molar-refractivity contribution in [1.29, 1.82) is 0 Å². The van der Waals surface area contributed by atoms with E-state index in [1.807, 2.05) is 0 Å². The molecule has 1 fully saturated rings. The predicted molar refractivity (Wildman–Crippen MR) is 77.8 cm³/mol. The van der Waals surface area contributed by atoms with Gasteiger partial charge in [-0.25, -0.2) is 17.9 Å². The van der Waals surface area contributed by atoms with Gasteiger partial charge in [0, 0.05) is 12.6 Å². The summed E-state index contributed by atoms with van der Waals surface area (Å²) in [5.41, 5.74) is 5.83. The van der Waals surface area contributed by atoms with E-state index >= 15 is 0 Å². The van der Waals surface area contributed by atoms with Crippen LogP contribution in [-0.2, 0) is 14.8 Å². The van der Waals surface area contributed by atoms with E-state index in [9.17, 15) is 13.2 Å². The van der Waals surface area contributed by atoms with Crippen molar-refractivity contribution in [2.75, 3.05) is 13.2 Å². The first kappa shape index (κ1) is 18.0. The fraction of sp³-hybridized carbons (Fsp3) is 0.583. The van der Waals surface area contributed by atoms with Crippen LogP contribution in [0.25, 0.3) is 0 Å². The van der Waals surface area contributed by atoms with E-state index in [1.54, 1.807) is 6.92 Å². The van der Waals surface area contributed by atoms with E-state index < -0.39 is 16.0 Å².